The van der Waals surface area contributed by atoms with Crippen molar-refractivity contribution in [3.63, 3.8) is 0 Å². The summed E-state index contributed by atoms with van der Waals surface area (Å²) in [7, 11) is 0. The van der Waals surface area contributed by atoms with Gasteiger partial charge in [0.15, 0.2) is 0 Å². The standard InChI is InChI=1S/9CH3.HI.HN.3Sn/h9*1H3;2*1H;;;/q;;;;;;;;;;;;;+1/p-1. The van der Waals surface area contributed by atoms with Crippen LogP contribution in [-0.4, -0.2) is 51.7 Å². The Labute approximate surface area is 114 Å². The van der Waals surface area contributed by atoms with Gasteiger partial charge in [0.1, 0.15) is 0 Å². The van der Waals surface area contributed by atoms with Crippen molar-refractivity contribution in [1.29, 1.82) is 0 Å². The zero-order valence-electron chi connectivity index (χ0n) is 11.4. The van der Waals surface area contributed by atoms with Crippen molar-refractivity contribution < 1.29 is 0 Å². The Morgan fingerprint density at radius 2 is 0.786 bits per heavy atom. The Morgan fingerprint density at radius 3 is 0.786 bits per heavy atom. The molecule has 0 aliphatic rings. The van der Waals surface area contributed by atoms with E-state index in [1.165, 1.54) is 0 Å². The molecule has 14 heavy (non-hydrogen) atoms. The van der Waals surface area contributed by atoms with E-state index in [-0.39, 0.29) is 0 Å². The van der Waals surface area contributed by atoms with E-state index >= 15 is 0 Å². The Morgan fingerprint density at radius 1 is 0.643 bits per heavy atom. The molecule has 0 saturated carbocycles. The second kappa shape index (κ2) is 7.51. The summed E-state index contributed by atoms with van der Waals surface area (Å²) < 4.78 is 3.88. The van der Waals surface area contributed by atoms with Crippen LogP contribution >= 0.6 is 18.6 Å². The predicted molar refractivity (Wildman–Crippen MR) is 87.2 cm³/mol. The van der Waals surface area contributed by atoms with E-state index in [9.17, 15) is 0 Å². The van der Waals surface area contributed by atoms with E-state index in [2.05, 4.69) is 64.9 Å². The van der Waals surface area contributed by atoms with Gasteiger partial charge in [-0.3, -0.25) is 0 Å². The van der Waals surface area contributed by atoms with Crippen LogP contribution < -0.4 is 1.76 Å². The fraction of sp³-hybridized carbons (Fsp3) is 1.00. The maximum absolute atomic E-state index is 3.88. The summed E-state index contributed by atoms with van der Waals surface area (Å²) >= 11 is -1.83. The van der Waals surface area contributed by atoms with E-state index in [4.69, 9.17) is 0 Å². The van der Waals surface area contributed by atoms with Crippen molar-refractivity contribution in [2.45, 2.75) is 44.5 Å². The number of hydrogen-bond acceptors (Lipinski definition) is 1. The van der Waals surface area contributed by atoms with Crippen molar-refractivity contribution in [3.8, 4) is 0 Å². The fourth-order valence-corrected chi connectivity index (χ4v) is 50.6. The van der Waals surface area contributed by atoms with Gasteiger partial charge in [-0.2, -0.15) is 0 Å². The molecule has 5 heteroatoms. The predicted octanol–water partition coefficient (Wildman–Crippen LogP) is 4.50. The first kappa shape index (κ1) is 19.4. The summed E-state index contributed by atoms with van der Waals surface area (Å²) in [5.74, 6) is 0. The van der Waals surface area contributed by atoms with Crippen molar-refractivity contribution in [3.05, 3.63) is 0 Å². The van der Waals surface area contributed by atoms with Gasteiger partial charge in [0.2, 0.25) is 0 Å². The molecule has 0 rings (SSSR count). The molecule has 0 saturated heterocycles. The monoisotopic (exact) mass is 637 g/mol. The Hall–Kier alpha value is 3.09. The molecule has 0 unspecified atom stereocenters. The molecule has 0 aromatic carbocycles. The van der Waals surface area contributed by atoms with Gasteiger partial charge in [-0.1, -0.05) is 0 Å². The maximum atomic E-state index is 3.88. The van der Waals surface area contributed by atoms with Crippen LogP contribution in [0.5, 0.6) is 0 Å². The molecule has 0 aliphatic carbocycles. The van der Waals surface area contributed by atoms with Crippen LogP contribution in [-0.2, 0) is 0 Å². The molecule has 0 aromatic heterocycles. The van der Waals surface area contributed by atoms with Crippen LogP contribution in [0.3, 0.4) is 0 Å². The SMILES string of the molecule is [CH3][Sn]([CH3])([CH3])[I].[CH3][Sn]([CH3])([CH3])[NH][Sn]([CH3])([CH3])[CH3]. The summed E-state index contributed by atoms with van der Waals surface area (Å²) in [6, 6.07) is 0. The molecule has 0 radical (unpaired) electrons. The first-order valence-electron chi connectivity index (χ1n) is 5.19. The van der Waals surface area contributed by atoms with Crippen LogP contribution in [0.4, 0.5) is 0 Å². The summed E-state index contributed by atoms with van der Waals surface area (Å²) in [5.41, 5.74) is 0. The second-order valence-electron chi connectivity index (χ2n) is 6.69. The minimum absolute atomic E-state index is 1.21. The van der Waals surface area contributed by atoms with Gasteiger partial charge < -0.3 is 0 Å². The molecule has 0 spiro atoms. The van der Waals surface area contributed by atoms with Gasteiger partial charge >= 0.3 is 117 Å². The van der Waals surface area contributed by atoms with E-state index < -0.39 is 51.7 Å². The van der Waals surface area contributed by atoms with Crippen molar-refractivity contribution in [2.24, 2.45) is 0 Å². The Balaban J connectivity index is 0. The summed E-state index contributed by atoms with van der Waals surface area (Å²) in [6.07, 6.45) is 0. The number of nitrogens with one attached hydrogen (secondary N) is 1. The molecule has 1 N–H and O–H groups in total. The van der Waals surface area contributed by atoms with Crippen molar-refractivity contribution in [1.82, 2.24) is 1.76 Å². The number of hydrogen-bond donors (Lipinski definition) is 1. The zero-order valence-corrected chi connectivity index (χ0v) is 22.1. The molecule has 0 amide bonds. The third-order valence-corrected chi connectivity index (χ3v) is 33.7. The number of halogens is 1. The van der Waals surface area contributed by atoms with Crippen LogP contribution in [0.2, 0.25) is 44.5 Å². The molecule has 1 nitrogen and oxygen atoms in total. The topological polar surface area (TPSA) is 12.0 Å². The summed E-state index contributed by atoms with van der Waals surface area (Å²) in [6.45, 7) is 0. The molecule has 0 fully saturated rings. The van der Waals surface area contributed by atoms with Gasteiger partial charge in [0.05, 0.1) is 0 Å². The molecule has 0 heterocycles. The van der Waals surface area contributed by atoms with Gasteiger partial charge in [0, 0.05) is 0 Å². The Bertz CT molecular complexity index is 135. The van der Waals surface area contributed by atoms with E-state index in [1.54, 1.807) is 0 Å². The summed E-state index contributed by atoms with van der Waals surface area (Å²) in [4.78, 5) is 21.8. The molecule has 0 aliphatic heterocycles. The quantitative estimate of drug-likeness (QED) is 0.349. The zero-order chi connectivity index (χ0) is 12.2. The molecular weight excluding hydrogens is 605 g/mol. The third-order valence-electron chi connectivity index (χ3n) is 0.750. The molecular formula is C9H28INSn3. The van der Waals surface area contributed by atoms with Crippen LogP contribution in [0.15, 0.2) is 0 Å². The van der Waals surface area contributed by atoms with Crippen molar-refractivity contribution >= 4 is 70.3 Å². The normalized spacial score (nSPS) is 13.3. The first-order chi connectivity index (χ1) is 5.71. The fourth-order valence-electron chi connectivity index (χ4n) is 1.12. The molecule has 88 valence electrons. The van der Waals surface area contributed by atoms with Gasteiger partial charge in [-0.25, -0.2) is 0 Å². The van der Waals surface area contributed by atoms with Crippen molar-refractivity contribution in [2.75, 3.05) is 0 Å². The average molecular weight is 633 g/mol. The van der Waals surface area contributed by atoms with Crippen LogP contribution in [0.1, 0.15) is 0 Å². The van der Waals surface area contributed by atoms with Gasteiger partial charge in [-0.05, 0) is 0 Å². The first-order valence-corrected chi connectivity index (χ1v) is 42.0. The molecule has 0 bridgehead atoms. The number of rotatable bonds is 2. The van der Waals surface area contributed by atoms with E-state index in [0.717, 1.165) is 0 Å². The second-order valence-corrected chi connectivity index (χ2v) is 71.4. The Kier molecular flexibility index (Phi) is 10.4. The average Bonchev–Trinajstić information content (AvgIpc) is 1.42. The third kappa shape index (κ3) is 36.3. The minimum atomic E-state index is -1.60. The van der Waals surface area contributed by atoms with Gasteiger partial charge in [0.25, 0.3) is 0 Å². The van der Waals surface area contributed by atoms with E-state index in [1.807, 2.05) is 0 Å². The molecule has 0 atom stereocenters. The molecule has 0 aromatic rings. The van der Waals surface area contributed by atoms with Crippen LogP contribution in [0, 0.1) is 0 Å². The van der Waals surface area contributed by atoms with E-state index in [0.29, 0.717) is 0 Å². The summed E-state index contributed by atoms with van der Waals surface area (Å²) in [5, 5.41) is 0. The van der Waals surface area contributed by atoms with Crippen LogP contribution in [0.25, 0.3) is 0 Å². The van der Waals surface area contributed by atoms with Gasteiger partial charge in [-0.15, -0.1) is 0 Å².